The quantitative estimate of drug-likeness (QED) is 0.907. The van der Waals surface area contributed by atoms with E-state index in [9.17, 15) is 14.7 Å². The molecule has 1 N–H and O–H groups in total. The van der Waals surface area contributed by atoms with E-state index in [0.717, 1.165) is 4.47 Å². The van der Waals surface area contributed by atoms with Crippen LogP contribution >= 0.6 is 15.9 Å². The number of carbonyl (C=O) groups excluding carboxylic acids is 1. The molecule has 0 saturated carbocycles. The van der Waals surface area contributed by atoms with Gasteiger partial charge in [0.2, 0.25) is 0 Å². The monoisotopic (exact) mass is 348 g/mol. The Morgan fingerprint density at radius 3 is 2.67 bits per heavy atom. The van der Waals surface area contributed by atoms with Gasteiger partial charge >= 0.3 is 5.97 Å². The Morgan fingerprint density at radius 2 is 2.05 bits per heavy atom. The van der Waals surface area contributed by atoms with Crippen molar-refractivity contribution >= 4 is 33.5 Å². The maximum atomic E-state index is 12.7. The van der Waals surface area contributed by atoms with Crippen LogP contribution in [0.2, 0.25) is 0 Å². The molecule has 1 amide bonds. The molecule has 1 aromatic heterocycles. The summed E-state index contributed by atoms with van der Waals surface area (Å²) in [6.45, 7) is 0.163. The number of hydrogen-bond acceptors (Lipinski definition) is 2. The SMILES string of the molecule is Cn1cc(Br)cc1C(=O)N1CC(C(=O)O)c2ccccc21. The lowest BCUT2D eigenvalue weighted by Gasteiger charge is -2.17. The lowest BCUT2D eigenvalue weighted by atomic mass is 10.0. The molecule has 0 radical (unpaired) electrons. The third kappa shape index (κ3) is 2.25. The van der Waals surface area contributed by atoms with Crippen molar-refractivity contribution < 1.29 is 14.7 Å². The first-order valence-corrected chi connectivity index (χ1v) is 7.24. The predicted octanol–water partition coefficient (Wildman–Crippen LogP) is 2.62. The normalized spacial score (nSPS) is 16.9. The second-order valence-corrected chi connectivity index (χ2v) is 5.94. The number of hydrogen-bond donors (Lipinski definition) is 1. The second kappa shape index (κ2) is 5.04. The molecule has 5 nitrogen and oxygen atoms in total. The Kier molecular flexibility index (Phi) is 3.33. The van der Waals surface area contributed by atoms with Gasteiger partial charge in [-0.1, -0.05) is 18.2 Å². The number of benzene rings is 1. The minimum atomic E-state index is -0.911. The zero-order valence-electron chi connectivity index (χ0n) is 11.3. The smallest absolute Gasteiger partial charge is 0.312 e. The van der Waals surface area contributed by atoms with E-state index in [2.05, 4.69) is 15.9 Å². The number of amides is 1. The summed E-state index contributed by atoms with van der Waals surface area (Å²) in [6, 6.07) is 8.89. The molecule has 2 heterocycles. The number of rotatable bonds is 2. The van der Waals surface area contributed by atoms with E-state index >= 15 is 0 Å². The molecule has 1 aliphatic rings. The standard InChI is InChI=1S/C15H13BrN2O3/c1-17-7-9(16)6-13(17)14(19)18-8-11(15(20)21)10-4-2-3-5-12(10)18/h2-7,11H,8H2,1H3,(H,20,21). The van der Waals surface area contributed by atoms with Gasteiger partial charge in [0, 0.05) is 29.9 Å². The number of fused-ring (bicyclic) bond motifs is 1. The van der Waals surface area contributed by atoms with Crippen molar-refractivity contribution in [1.29, 1.82) is 0 Å². The molecule has 1 unspecified atom stereocenters. The number of aliphatic carboxylic acids is 1. The van der Waals surface area contributed by atoms with E-state index in [-0.39, 0.29) is 12.5 Å². The van der Waals surface area contributed by atoms with Crippen LogP contribution in [0.15, 0.2) is 41.0 Å². The summed E-state index contributed by atoms with van der Waals surface area (Å²) in [7, 11) is 1.79. The van der Waals surface area contributed by atoms with Crippen LogP contribution in [0.3, 0.4) is 0 Å². The number of aryl methyl sites for hydroxylation is 1. The average Bonchev–Trinajstić information content (AvgIpc) is 2.98. The van der Waals surface area contributed by atoms with Gasteiger partial charge in [-0.05, 0) is 33.6 Å². The summed E-state index contributed by atoms with van der Waals surface area (Å²) in [5.41, 5.74) is 1.88. The van der Waals surface area contributed by atoms with E-state index < -0.39 is 11.9 Å². The van der Waals surface area contributed by atoms with Crippen LogP contribution in [0.1, 0.15) is 22.0 Å². The number of anilines is 1. The highest BCUT2D eigenvalue weighted by Gasteiger charge is 2.37. The second-order valence-electron chi connectivity index (χ2n) is 5.02. The fraction of sp³-hybridized carbons (Fsp3) is 0.200. The maximum Gasteiger partial charge on any atom is 0.312 e. The molecule has 0 bridgehead atoms. The van der Waals surface area contributed by atoms with Gasteiger partial charge in [-0.2, -0.15) is 0 Å². The van der Waals surface area contributed by atoms with Gasteiger partial charge in [-0.3, -0.25) is 9.59 Å². The van der Waals surface area contributed by atoms with Crippen molar-refractivity contribution in [2.75, 3.05) is 11.4 Å². The predicted molar refractivity (Wildman–Crippen MR) is 81.6 cm³/mol. The van der Waals surface area contributed by atoms with Crippen LogP contribution in [0, 0.1) is 0 Å². The van der Waals surface area contributed by atoms with E-state index in [1.54, 1.807) is 42.1 Å². The van der Waals surface area contributed by atoms with Crippen molar-refractivity contribution in [3.63, 3.8) is 0 Å². The van der Waals surface area contributed by atoms with Crippen LogP contribution < -0.4 is 4.90 Å². The molecule has 0 spiro atoms. The fourth-order valence-electron chi connectivity index (χ4n) is 2.69. The molecule has 2 aromatic rings. The number of carbonyl (C=O) groups is 2. The van der Waals surface area contributed by atoms with Crippen LogP contribution in [-0.2, 0) is 11.8 Å². The first kappa shape index (κ1) is 13.9. The van der Waals surface area contributed by atoms with Crippen molar-refractivity contribution in [2.45, 2.75) is 5.92 Å². The summed E-state index contributed by atoms with van der Waals surface area (Å²) in [5, 5.41) is 9.34. The molecule has 1 atom stereocenters. The van der Waals surface area contributed by atoms with Crippen molar-refractivity contribution in [2.24, 2.45) is 7.05 Å². The molecule has 1 aliphatic heterocycles. The van der Waals surface area contributed by atoms with Gasteiger partial charge in [-0.25, -0.2) is 0 Å². The first-order chi connectivity index (χ1) is 9.99. The lowest BCUT2D eigenvalue weighted by molar-refractivity contribution is -0.138. The fourth-order valence-corrected chi connectivity index (χ4v) is 3.21. The molecule has 0 aliphatic carbocycles. The summed E-state index contributed by atoms with van der Waals surface area (Å²) in [5.74, 6) is -1.78. The largest absolute Gasteiger partial charge is 0.481 e. The number of nitrogens with zero attached hydrogens (tertiary/aromatic N) is 2. The number of halogens is 1. The first-order valence-electron chi connectivity index (χ1n) is 6.44. The van der Waals surface area contributed by atoms with Gasteiger partial charge in [-0.15, -0.1) is 0 Å². The highest BCUT2D eigenvalue weighted by Crippen LogP contribution is 2.37. The number of para-hydroxylation sites is 1. The number of carboxylic acid groups (broad SMARTS) is 1. The highest BCUT2D eigenvalue weighted by atomic mass is 79.9. The average molecular weight is 349 g/mol. The van der Waals surface area contributed by atoms with Gasteiger partial charge in [0.25, 0.3) is 5.91 Å². The Labute approximate surface area is 129 Å². The van der Waals surface area contributed by atoms with Gasteiger partial charge in [0.05, 0.1) is 0 Å². The molecule has 1 aromatic carbocycles. The third-order valence-corrected chi connectivity index (χ3v) is 4.14. The summed E-state index contributed by atoms with van der Waals surface area (Å²) < 4.78 is 2.54. The number of carboxylic acids is 1. The highest BCUT2D eigenvalue weighted by molar-refractivity contribution is 9.10. The lowest BCUT2D eigenvalue weighted by Crippen LogP contribution is -2.32. The van der Waals surface area contributed by atoms with E-state index in [1.807, 2.05) is 6.07 Å². The molecule has 21 heavy (non-hydrogen) atoms. The van der Waals surface area contributed by atoms with Crippen LogP contribution in [0.25, 0.3) is 0 Å². The van der Waals surface area contributed by atoms with Crippen molar-refractivity contribution in [3.8, 4) is 0 Å². The Hall–Kier alpha value is -2.08. The molecule has 108 valence electrons. The Balaban J connectivity index is 2.02. The van der Waals surface area contributed by atoms with Gasteiger partial charge in [0.1, 0.15) is 11.6 Å². The molecular weight excluding hydrogens is 336 g/mol. The van der Waals surface area contributed by atoms with Crippen LogP contribution in [-0.4, -0.2) is 28.1 Å². The number of aromatic nitrogens is 1. The van der Waals surface area contributed by atoms with E-state index in [1.165, 1.54) is 4.90 Å². The Bertz CT molecular complexity index is 738. The molecular formula is C15H13BrN2O3. The summed E-state index contributed by atoms with van der Waals surface area (Å²) >= 11 is 3.34. The van der Waals surface area contributed by atoms with Gasteiger partial charge < -0.3 is 14.6 Å². The van der Waals surface area contributed by atoms with Crippen LogP contribution in [0.5, 0.6) is 0 Å². The maximum absolute atomic E-state index is 12.7. The summed E-state index contributed by atoms with van der Waals surface area (Å²) in [4.78, 5) is 25.6. The molecule has 0 saturated heterocycles. The van der Waals surface area contributed by atoms with E-state index in [4.69, 9.17) is 0 Å². The zero-order valence-corrected chi connectivity index (χ0v) is 12.9. The minimum Gasteiger partial charge on any atom is -0.481 e. The van der Waals surface area contributed by atoms with Crippen molar-refractivity contribution in [3.05, 3.63) is 52.3 Å². The van der Waals surface area contributed by atoms with Gasteiger partial charge in [0.15, 0.2) is 0 Å². The van der Waals surface area contributed by atoms with Crippen LogP contribution in [0.4, 0.5) is 5.69 Å². The summed E-state index contributed by atoms with van der Waals surface area (Å²) in [6.07, 6.45) is 1.80. The molecule has 0 fully saturated rings. The van der Waals surface area contributed by atoms with Crippen molar-refractivity contribution in [1.82, 2.24) is 4.57 Å². The Morgan fingerprint density at radius 1 is 1.33 bits per heavy atom. The topological polar surface area (TPSA) is 62.5 Å². The minimum absolute atomic E-state index is 0.163. The van der Waals surface area contributed by atoms with E-state index in [0.29, 0.717) is 16.9 Å². The third-order valence-electron chi connectivity index (χ3n) is 3.70. The zero-order chi connectivity index (χ0) is 15.1. The molecule has 3 rings (SSSR count). The molecule has 6 heteroatoms.